The highest BCUT2D eigenvalue weighted by Crippen LogP contribution is 2.33. The summed E-state index contributed by atoms with van der Waals surface area (Å²) in [6.07, 6.45) is 0.920. The van der Waals surface area contributed by atoms with E-state index < -0.39 is 17.6 Å². The number of carbonyl (C=O) groups is 1. The molecule has 1 amide bonds. The van der Waals surface area contributed by atoms with Crippen LogP contribution in [-0.4, -0.2) is 64.7 Å². The van der Waals surface area contributed by atoms with Gasteiger partial charge in [0.1, 0.15) is 12.4 Å². The van der Waals surface area contributed by atoms with Crippen LogP contribution in [0.4, 0.5) is 13.2 Å². The van der Waals surface area contributed by atoms with Crippen LogP contribution in [0.25, 0.3) is 0 Å². The standard InChI is InChI=1S/C28H37F3N4O4S/c1-18(33-37)14-34-11-5-7-20(34)17-39-23-10-9-19(28(29,30)31)13-22(23)25(36)32-26-35(15-21-8-6-12-38-21)16-24(40-26)27(2,3)4/h9-10,13,16,20-21,37H,5-8,11-12,14-15,17H2,1-4H3/t20-,21+/m0/s1. The van der Waals surface area contributed by atoms with Crippen molar-refractivity contribution in [2.45, 2.75) is 83.7 Å². The van der Waals surface area contributed by atoms with Crippen LogP contribution in [0, 0.1) is 0 Å². The Morgan fingerprint density at radius 1 is 1.23 bits per heavy atom. The van der Waals surface area contributed by atoms with Crippen molar-refractivity contribution in [3.8, 4) is 5.75 Å². The van der Waals surface area contributed by atoms with E-state index in [1.807, 2.05) is 10.8 Å². The van der Waals surface area contributed by atoms with Crippen molar-refractivity contribution in [2.75, 3.05) is 26.3 Å². The van der Waals surface area contributed by atoms with E-state index >= 15 is 0 Å². The van der Waals surface area contributed by atoms with Crippen LogP contribution in [0.3, 0.4) is 0 Å². The Hall–Kier alpha value is -2.70. The molecule has 2 atom stereocenters. The average molecular weight is 583 g/mol. The van der Waals surface area contributed by atoms with Crippen LogP contribution in [0.15, 0.2) is 34.5 Å². The van der Waals surface area contributed by atoms with Crippen molar-refractivity contribution in [1.29, 1.82) is 0 Å². The van der Waals surface area contributed by atoms with Crippen molar-refractivity contribution >= 4 is 23.0 Å². The molecule has 3 heterocycles. The highest BCUT2D eigenvalue weighted by molar-refractivity contribution is 7.09. The molecule has 1 N–H and O–H groups in total. The third-order valence-electron chi connectivity index (χ3n) is 7.15. The summed E-state index contributed by atoms with van der Waals surface area (Å²) in [6, 6.07) is 2.90. The Kier molecular flexibility index (Phi) is 9.41. The van der Waals surface area contributed by atoms with Gasteiger partial charge in [0, 0.05) is 30.3 Å². The Morgan fingerprint density at radius 2 is 2.00 bits per heavy atom. The topological polar surface area (TPSA) is 88.7 Å². The largest absolute Gasteiger partial charge is 0.491 e. The SMILES string of the molecule is CC(CN1CCC[C@H]1COc1ccc(C(F)(F)F)cc1C(=O)N=c1sc(C(C)(C)C)cn1C[C@H]1CCCO1)=NO. The lowest BCUT2D eigenvalue weighted by molar-refractivity contribution is -0.137. The lowest BCUT2D eigenvalue weighted by Crippen LogP contribution is -2.37. The molecular formula is C28H37F3N4O4S. The number of halogens is 3. The van der Waals surface area contributed by atoms with E-state index in [-0.39, 0.29) is 35.5 Å². The summed E-state index contributed by atoms with van der Waals surface area (Å²) in [7, 11) is 0. The first kappa shape index (κ1) is 30.3. The molecule has 40 heavy (non-hydrogen) atoms. The van der Waals surface area contributed by atoms with Gasteiger partial charge < -0.3 is 19.2 Å². The van der Waals surface area contributed by atoms with Crippen molar-refractivity contribution in [3.05, 3.63) is 45.2 Å². The number of likely N-dealkylation sites (tertiary alicyclic amines) is 1. The number of aromatic nitrogens is 1. The number of amides is 1. The molecule has 2 saturated heterocycles. The first-order valence-corrected chi connectivity index (χ1v) is 14.3. The molecule has 1 aromatic heterocycles. The quantitative estimate of drug-likeness (QED) is 0.253. The van der Waals surface area contributed by atoms with Crippen molar-refractivity contribution in [2.24, 2.45) is 10.1 Å². The van der Waals surface area contributed by atoms with E-state index in [1.54, 1.807) is 6.92 Å². The third kappa shape index (κ3) is 7.52. The molecule has 220 valence electrons. The molecule has 4 rings (SSSR count). The minimum Gasteiger partial charge on any atom is -0.491 e. The van der Waals surface area contributed by atoms with Crippen LogP contribution in [0.2, 0.25) is 0 Å². The number of oxime groups is 1. The predicted octanol–water partition coefficient (Wildman–Crippen LogP) is 5.48. The summed E-state index contributed by atoms with van der Waals surface area (Å²) < 4.78 is 54.5. The molecule has 2 aromatic rings. The minimum atomic E-state index is -4.63. The number of rotatable bonds is 8. The summed E-state index contributed by atoms with van der Waals surface area (Å²) in [5.74, 6) is -0.740. The maximum Gasteiger partial charge on any atom is 0.416 e. The molecule has 0 aliphatic carbocycles. The fourth-order valence-electron chi connectivity index (χ4n) is 4.90. The maximum atomic E-state index is 13.6. The first-order chi connectivity index (χ1) is 18.8. The second kappa shape index (κ2) is 12.4. The molecule has 2 aliphatic heterocycles. The van der Waals surface area contributed by atoms with Crippen molar-refractivity contribution in [1.82, 2.24) is 9.47 Å². The summed E-state index contributed by atoms with van der Waals surface area (Å²) in [6.45, 7) is 10.5. The molecule has 8 nitrogen and oxygen atoms in total. The summed E-state index contributed by atoms with van der Waals surface area (Å²) in [5.41, 5.74) is -0.819. The van der Waals surface area contributed by atoms with Gasteiger partial charge in [-0.05, 0) is 62.8 Å². The zero-order valence-electron chi connectivity index (χ0n) is 23.3. The zero-order chi connectivity index (χ0) is 29.1. The predicted molar refractivity (Wildman–Crippen MR) is 146 cm³/mol. The molecule has 0 saturated carbocycles. The van der Waals surface area contributed by atoms with Crippen LogP contribution in [0.5, 0.6) is 5.75 Å². The molecule has 12 heteroatoms. The summed E-state index contributed by atoms with van der Waals surface area (Å²) in [5, 5.41) is 12.3. The molecule has 0 spiro atoms. The molecule has 2 fully saturated rings. The Morgan fingerprint density at radius 3 is 2.65 bits per heavy atom. The van der Waals surface area contributed by atoms with Gasteiger partial charge in [-0.3, -0.25) is 9.69 Å². The van der Waals surface area contributed by atoms with Crippen molar-refractivity contribution in [3.63, 3.8) is 0 Å². The molecule has 0 radical (unpaired) electrons. The second-order valence-corrected chi connectivity index (χ2v) is 12.5. The normalized spacial score (nSPS) is 21.4. The number of hydrogen-bond donors (Lipinski definition) is 1. The highest BCUT2D eigenvalue weighted by atomic mass is 32.1. The maximum absolute atomic E-state index is 13.6. The van der Waals surface area contributed by atoms with Crippen LogP contribution >= 0.6 is 11.3 Å². The highest BCUT2D eigenvalue weighted by Gasteiger charge is 2.33. The number of carbonyl (C=O) groups excluding carboxylic acids is 1. The van der Waals surface area contributed by atoms with Gasteiger partial charge in [0.25, 0.3) is 5.91 Å². The van der Waals surface area contributed by atoms with Gasteiger partial charge in [0.15, 0.2) is 4.80 Å². The average Bonchev–Trinajstić information content (AvgIpc) is 3.64. The number of hydrogen-bond acceptors (Lipinski definition) is 7. The lowest BCUT2D eigenvalue weighted by atomic mass is 9.95. The molecule has 0 bridgehead atoms. The number of ether oxygens (including phenoxy) is 2. The Labute approximate surface area is 236 Å². The summed E-state index contributed by atoms with van der Waals surface area (Å²) in [4.78, 5) is 21.3. The monoisotopic (exact) mass is 582 g/mol. The van der Waals surface area contributed by atoms with E-state index in [2.05, 4.69) is 35.8 Å². The fourth-order valence-corrected chi connectivity index (χ4v) is 5.96. The Bertz CT molecular complexity index is 1290. The van der Waals surface area contributed by atoms with Gasteiger partial charge in [-0.2, -0.15) is 18.2 Å². The van der Waals surface area contributed by atoms with E-state index in [9.17, 15) is 18.0 Å². The van der Waals surface area contributed by atoms with Gasteiger partial charge in [-0.15, -0.1) is 11.3 Å². The van der Waals surface area contributed by atoms with Gasteiger partial charge in [-0.1, -0.05) is 25.9 Å². The molecular weight excluding hydrogens is 545 g/mol. The number of nitrogens with zero attached hydrogens (tertiary/aromatic N) is 4. The van der Waals surface area contributed by atoms with Crippen molar-refractivity contribution < 1.29 is 32.6 Å². The number of alkyl halides is 3. The molecule has 0 unspecified atom stereocenters. The third-order valence-corrected chi connectivity index (χ3v) is 8.60. The number of thiazole rings is 1. The lowest BCUT2D eigenvalue weighted by Gasteiger charge is -2.24. The second-order valence-electron chi connectivity index (χ2n) is 11.5. The first-order valence-electron chi connectivity index (χ1n) is 13.5. The Balaban J connectivity index is 1.66. The summed E-state index contributed by atoms with van der Waals surface area (Å²) >= 11 is 1.35. The van der Waals surface area contributed by atoms with Gasteiger partial charge in [-0.25, -0.2) is 0 Å². The van der Waals surface area contributed by atoms with E-state index in [0.29, 0.717) is 30.2 Å². The van der Waals surface area contributed by atoms with Gasteiger partial charge in [0.2, 0.25) is 0 Å². The minimum absolute atomic E-state index is 0.00204. The molecule has 2 aliphatic rings. The van der Waals surface area contributed by atoms with Crippen LogP contribution in [0.1, 0.15) is 74.2 Å². The van der Waals surface area contributed by atoms with Crippen LogP contribution in [-0.2, 0) is 22.9 Å². The molecule has 1 aromatic carbocycles. The van der Waals surface area contributed by atoms with E-state index in [1.165, 1.54) is 17.4 Å². The smallest absolute Gasteiger partial charge is 0.416 e. The van der Waals surface area contributed by atoms with E-state index in [4.69, 9.17) is 14.7 Å². The number of benzene rings is 1. The fraction of sp³-hybridized carbons (Fsp3) is 0.607. The zero-order valence-corrected chi connectivity index (χ0v) is 24.1. The van der Waals surface area contributed by atoms with Crippen LogP contribution < -0.4 is 9.54 Å². The van der Waals surface area contributed by atoms with Gasteiger partial charge in [0.05, 0.1) is 29.5 Å². The van der Waals surface area contributed by atoms with E-state index in [0.717, 1.165) is 49.2 Å². The van der Waals surface area contributed by atoms with Gasteiger partial charge >= 0.3 is 6.18 Å².